The smallest absolute Gasteiger partial charge is 0.309 e. The molecule has 2 rings (SSSR count). The van der Waals surface area contributed by atoms with Crippen LogP contribution >= 0.6 is 0 Å². The Morgan fingerprint density at radius 1 is 1.00 bits per heavy atom. The third-order valence-corrected chi connectivity index (χ3v) is 3.84. The Hall–Kier alpha value is -2.66. The first-order valence-electron chi connectivity index (χ1n) is 7.82. The van der Waals surface area contributed by atoms with Gasteiger partial charge in [0.15, 0.2) is 0 Å². The minimum Gasteiger partial charge on any atom is -0.384 e. The van der Waals surface area contributed by atoms with Gasteiger partial charge in [0.1, 0.15) is 5.60 Å². The van der Waals surface area contributed by atoms with Crippen molar-refractivity contribution in [1.82, 2.24) is 10.6 Å². The summed E-state index contributed by atoms with van der Waals surface area (Å²) in [7, 11) is 0. The van der Waals surface area contributed by atoms with Crippen LogP contribution in [0.25, 0.3) is 0 Å². The van der Waals surface area contributed by atoms with Crippen LogP contribution in [-0.4, -0.2) is 23.5 Å². The molecule has 3 N–H and O–H groups in total. The van der Waals surface area contributed by atoms with Gasteiger partial charge in [-0.1, -0.05) is 60.7 Å². The molecule has 0 unspecified atom stereocenters. The van der Waals surface area contributed by atoms with Gasteiger partial charge in [-0.15, -0.1) is 0 Å². The Morgan fingerprint density at radius 3 is 2.12 bits per heavy atom. The Balaban J connectivity index is 1.89. The molecule has 0 spiro atoms. The second kappa shape index (κ2) is 7.75. The summed E-state index contributed by atoms with van der Waals surface area (Å²) in [6, 6.07) is 18.1. The average Bonchev–Trinajstić information content (AvgIpc) is 2.61. The highest BCUT2D eigenvalue weighted by Crippen LogP contribution is 2.18. The molecule has 0 aliphatic rings. The third-order valence-electron chi connectivity index (χ3n) is 3.84. The Morgan fingerprint density at radius 2 is 1.54 bits per heavy atom. The average molecular weight is 326 g/mol. The molecule has 24 heavy (non-hydrogen) atoms. The molecule has 0 aliphatic heterocycles. The zero-order chi connectivity index (χ0) is 17.6. The Bertz CT molecular complexity index is 684. The van der Waals surface area contributed by atoms with E-state index in [1.807, 2.05) is 36.4 Å². The largest absolute Gasteiger partial charge is 0.384 e. The van der Waals surface area contributed by atoms with Gasteiger partial charge in [0, 0.05) is 0 Å². The van der Waals surface area contributed by atoms with Gasteiger partial charge in [0.05, 0.1) is 12.6 Å². The highest BCUT2D eigenvalue weighted by molar-refractivity contribution is 6.35. The molecule has 126 valence electrons. The quantitative estimate of drug-likeness (QED) is 0.734. The maximum Gasteiger partial charge on any atom is 0.309 e. The molecule has 0 heterocycles. The van der Waals surface area contributed by atoms with Crippen LogP contribution < -0.4 is 10.6 Å². The van der Waals surface area contributed by atoms with Gasteiger partial charge in [0.2, 0.25) is 0 Å². The van der Waals surface area contributed by atoms with Crippen LogP contribution in [0.3, 0.4) is 0 Å². The van der Waals surface area contributed by atoms with Crippen molar-refractivity contribution in [3.05, 3.63) is 71.8 Å². The lowest BCUT2D eigenvalue weighted by molar-refractivity contribution is -0.140. The standard InChI is InChI=1S/C19H22N2O3/c1-14(15-9-5-3-6-10-15)21-18(23)17(22)20-13-19(2,24)16-11-7-4-8-12-16/h3-12,14,24H,13H2,1-2H3,(H,20,22)(H,21,23)/t14-,19+/m1/s1. The number of carbonyl (C=O) groups is 2. The molecule has 2 amide bonds. The summed E-state index contributed by atoms with van der Waals surface area (Å²) < 4.78 is 0. The second-order valence-corrected chi connectivity index (χ2v) is 5.93. The van der Waals surface area contributed by atoms with E-state index in [2.05, 4.69) is 10.6 Å². The van der Waals surface area contributed by atoms with Gasteiger partial charge < -0.3 is 15.7 Å². The van der Waals surface area contributed by atoms with Gasteiger partial charge in [-0.05, 0) is 25.0 Å². The molecule has 0 aliphatic carbocycles. The van der Waals surface area contributed by atoms with Gasteiger partial charge in [-0.2, -0.15) is 0 Å². The lowest BCUT2D eigenvalue weighted by atomic mass is 9.96. The summed E-state index contributed by atoms with van der Waals surface area (Å²) >= 11 is 0. The van der Waals surface area contributed by atoms with Gasteiger partial charge in [0.25, 0.3) is 0 Å². The van der Waals surface area contributed by atoms with Gasteiger partial charge in [-0.3, -0.25) is 9.59 Å². The maximum absolute atomic E-state index is 12.0. The van der Waals surface area contributed by atoms with Crippen molar-refractivity contribution < 1.29 is 14.7 Å². The number of nitrogens with one attached hydrogen (secondary N) is 2. The summed E-state index contributed by atoms with van der Waals surface area (Å²) in [5.74, 6) is -1.50. The van der Waals surface area contributed by atoms with Crippen molar-refractivity contribution in [1.29, 1.82) is 0 Å². The first-order valence-corrected chi connectivity index (χ1v) is 7.82. The van der Waals surface area contributed by atoms with E-state index in [-0.39, 0.29) is 12.6 Å². The van der Waals surface area contributed by atoms with Gasteiger partial charge in [-0.25, -0.2) is 0 Å². The van der Waals surface area contributed by atoms with Crippen molar-refractivity contribution in [3.63, 3.8) is 0 Å². The number of benzene rings is 2. The molecule has 0 saturated heterocycles. The van der Waals surface area contributed by atoms with Crippen molar-refractivity contribution in [2.24, 2.45) is 0 Å². The molecule has 2 atom stereocenters. The molecule has 0 radical (unpaired) electrons. The molecular formula is C19H22N2O3. The number of hydrogen-bond donors (Lipinski definition) is 3. The highest BCUT2D eigenvalue weighted by atomic mass is 16.3. The molecule has 2 aromatic rings. The Labute approximate surface area is 141 Å². The highest BCUT2D eigenvalue weighted by Gasteiger charge is 2.25. The molecule has 0 fully saturated rings. The van der Waals surface area contributed by atoms with E-state index < -0.39 is 17.4 Å². The van der Waals surface area contributed by atoms with Crippen molar-refractivity contribution >= 4 is 11.8 Å². The van der Waals surface area contributed by atoms with Gasteiger partial charge >= 0.3 is 11.8 Å². The zero-order valence-electron chi connectivity index (χ0n) is 13.8. The summed E-state index contributed by atoms with van der Waals surface area (Å²) in [4.78, 5) is 23.9. The van der Waals surface area contributed by atoms with Crippen LogP contribution in [0, 0.1) is 0 Å². The number of rotatable bonds is 5. The second-order valence-electron chi connectivity index (χ2n) is 5.93. The fourth-order valence-corrected chi connectivity index (χ4v) is 2.32. The zero-order valence-corrected chi connectivity index (χ0v) is 13.8. The lowest BCUT2D eigenvalue weighted by Gasteiger charge is -2.24. The predicted octanol–water partition coefficient (Wildman–Crippen LogP) is 1.89. The number of carbonyl (C=O) groups excluding carboxylic acids is 2. The third kappa shape index (κ3) is 4.67. The molecule has 0 saturated carbocycles. The minimum atomic E-state index is -1.25. The van der Waals surface area contributed by atoms with E-state index in [0.717, 1.165) is 5.56 Å². The van der Waals surface area contributed by atoms with Crippen LogP contribution in [0.1, 0.15) is 31.0 Å². The molecule has 5 heteroatoms. The predicted molar refractivity (Wildman–Crippen MR) is 92.0 cm³/mol. The molecule has 5 nitrogen and oxygen atoms in total. The van der Waals surface area contributed by atoms with E-state index in [4.69, 9.17) is 0 Å². The number of amides is 2. The lowest BCUT2D eigenvalue weighted by Crippen LogP contribution is -2.45. The van der Waals surface area contributed by atoms with Crippen molar-refractivity contribution in [3.8, 4) is 0 Å². The van der Waals surface area contributed by atoms with Crippen LogP contribution in [-0.2, 0) is 15.2 Å². The molecule has 0 bridgehead atoms. The summed E-state index contributed by atoms with van der Waals surface area (Å²) in [5, 5.41) is 15.5. The topological polar surface area (TPSA) is 78.4 Å². The Kier molecular flexibility index (Phi) is 5.71. The fourth-order valence-electron chi connectivity index (χ4n) is 2.32. The van der Waals surface area contributed by atoms with E-state index in [1.54, 1.807) is 38.1 Å². The van der Waals surface area contributed by atoms with E-state index in [1.165, 1.54) is 0 Å². The first-order chi connectivity index (χ1) is 11.4. The van der Waals surface area contributed by atoms with E-state index >= 15 is 0 Å². The van der Waals surface area contributed by atoms with Crippen LogP contribution in [0.5, 0.6) is 0 Å². The number of hydrogen-bond acceptors (Lipinski definition) is 3. The fraction of sp³-hybridized carbons (Fsp3) is 0.263. The van der Waals surface area contributed by atoms with Crippen LogP contribution in [0.15, 0.2) is 60.7 Å². The molecule has 0 aromatic heterocycles. The van der Waals surface area contributed by atoms with E-state index in [0.29, 0.717) is 5.56 Å². The summed E-state index contributed by atoms with van der Waals surface area (Å²) in [6.07, 6.45) is 0. The van der Waals surface area contributed by atoms with Crippen LogP contribution in [0.4, 0.5) is 0 Å². The summed E-state index contributed by atoms with van der Waals surface area (Å²) in [5.41, 5.74) is 0.334. The first kappa shape index (κ1) is 17.7. The normalized spacial score (nSPS) is 14.3. The SMILES string of the molecule is C[C@@H](NC(=O)C(=O)NC[C@](C)(O)c1ccccc1)c1ccccc1. The minimum absolute atomic E-state index is 0.0526. The number of aliphatic hydroxyl groups is 1. The van der Waals surface area contributed by atoms with E-state index in [9.17, 15) is 14.7 Å². The summed E-state index contributed by atoms with van der Waals surface area (Å²) in [6.45, 7) is 3.34. The molecule has 2 aromatic carbocycles. The van der Waals surface area contributed by atoms with Crippen molar-refractivity contribution in [2.45, 2.75) is 25.5 Å². The monoisotopic (exact) mass is 326 g/mol. The van der Waals surface area contributed by atoms with Crippen LogP contribution in [0.2, 0.25) is 0 Å². The van der Waals surface area contributed by atoms with Crippen molar-refractivity contribution in [2.75, 3.05) is 6.54 Å². The maximum atomic E-state index is 12.0. The molecular weight excluding hydrogens is 304 g/mol.